The van der Waals surface area contributed by atoms with Gasteiger partial charge in [0.2, 0.25) is 0 Å². The van der Waals surface area contributed by atoms with Crippen molar-refractivity contribution in [3.8, 4) is 0 Å². The van der Waals surface area contributed by atoms with Gasteiger partial charge in [0.1, 0.15) is 0 Å². The second-order valence-corrected chi connectivity index (χ2v) is 0.806. The average Bonchev–Trinajstić information content (AvgIpc) is 1.36. The zero-order valence-electron chi connectivity index (χ0n) is 3.25. The van der Waals surface area contributed by atoms with E-state index in [9.17, 15) is 4.79 Å². The molecule has 0 aliphatic carbocycles. The summed E-state index contributed by atoms with van der Waals surface area (Å²) in [7, 11) is 1.03. The molecule has 0 rings (SSSR count). The first-order chi connectivity index (χ1) is 2.64. The van der Waals surface area contributed by atoms with E-state index in [0.29, 0.717) is 0 Å². The van der Waals surface area contributed by atoms with Gasteiger partial charge in [-0.1, -0.05) is 0 Å². The molecule has 0 spiro atoms. The number of carbonyl (C=O) groups is 1. The van der Waals surface area contributed by atoms with Gasteiger partial charge in [-0.25, -0.2) is 4.79 Å². The van der Waals surface area contributed by atoms with E-state index < -0.39 is 6.09 Å². The van der Waals surface area contributed by atoms with E-state index in [0.717, 1.165) is 7.05 Å². The standard InChI is InChI=1S/C2H5NO3/c1-3(6)2(4)5/h6H,1H3,(H,4,5). The van der Waals surface area contributed by atoms with Crippen LogP contribution in [0.25, 0.3) is 0 Å². The Morgan fingerprint density at radius 1 is 1.83 bits per heavy atom. The Labute approximate surface area is 34.6 Å². The number of hydroxylamine groups is 2. The van der Waals surface area contributed by atoms with Crippen LogP contribution in [0.4, 0.5) is 4.79 Å². The lowest BCUT2D eigenvalue weighted by Crippen LogP contribution is -2.19. The predicted octanol–water partition coefficient (Wildman–Crippen LogP) is -0.0146. The van der Waals surface area contributed by atoms with E-state index in [2.05, 4.69) is 0 Å². The monoisotopic (exact) mass is 91.0 g/mol. The van der Waals surface area contributed by atoms with Crippen LogP contribution in [0.2, 0.25) is 0 Å². The highest BCUT2D eigenvalue weighted by Crippen LogP contribution is 1.69. The zero-order valence-corrected chi connectivity index (χ0v) is 3.25. The molecule has 0 aliphatic heterocycles. The van der Waals surface area contributed by atoms with Crippen molar-refractivity contribution in [2.45, 2.75) is 0 Å². The summed E-state index contributed by atoms with van der Waals surface area (Å²) in [5.74, 6) is 0. The topological polar surface area (TPSA) is 60.8 Å². The van der Waals surface area contributed by atoms with E-state index in [-0.39, 0.29) is 5.06 Å². The van der Waals surface area contributed by atoms with Crippen LogP contribution < -0.4 is 0 Å². The van der Waals surface area contributed by atoms with E-state index >= 15 is 0 Å². The molecule has 0 aromatic rings. The van der Waals surface area contributed by atoms with Gasteiger partial charge < -0.3 is 5.11 Å². The first-order valence-electron chi connectivity index (χ1n) is 1.30. The van der Waals surface area contributed by atoms with E-state index in [1.165, 1.54) is 0 Å². The molecule has 0 saturated carbocycles. The van der Waals surface area contributed by atoms with Crippen molar-refractivity contribution in [3.63, 3.8) is 0 Å². The molecule has 4 nitrogen and oxygen atoms in total. The summed E-state index contributed by atoms with van der Waals surface area (Å²) in [6.07, 6.45) is -1.35. The minimum absolute atomic E-state index is 0.0833. The van der Waals surface area contributed by atoms with Crippen LogP contribution in [0.5, 0.6) is 0 Å². The molecule has 0 atom stereocenters. The summed E-state index contributed by atoms with van der Waals surface area (Å²) in [4.78, 5) is 9.38. The predicted molar refractivity (Wildman–Crippen MR) is 17.6 cm³/mol. The minimum atomic E-state index is -1.35. The average molecular weight is 91.1 g/mol. The summed E-state index contributed by atoms with van der Waals surface area (Å²) >= 11 is 0. The molecule has 0 fully saturated rings. The Bertz CT molecular complexity index is 59.8. The molecule has 0 aliphatic rings. The SMILES string of the molecule is CN(O)C(=O)O. The smallest absolute Gasteiger partial charge is 0.430 e. The van der Waals surface area contributed by atoms with Crippen molar-refractivity contribution < 1.29 is 15.1 Å². The fourth-order valence-electron chi connectivity index (χ4n) is 0. The molecule has 0 radical (unpaired) electrons. The summed E-state index contributed by atoms with van der Waals surface area (Å²) in [6, 6.07) is 0. The lowest BCUT2D eigenvalue weighted by atomic mass is 11.1. The Morgan fingerprint density at radius 3 is 2.00 bits per heavy atom. The first kappa shape index (κ1) is 5.23. The zero-order chi connectivity index (χ0) is 5.15. The van der Waals surface area contributed by atoms with Crippen molar-refractivity contribution in [2.24, 2.45) is 0 Å². The normalized spacial score (nSPS) is 7.67. The Morgan fingerprint density at radius 2 is 2.00 bits per heavy atom. The van der Waals surface area contributed by atoms with Gasteiger partial charge in [0, 0.05) is 7.05 Å². The summed E-state index contributed by atoms with van der Waals surface area (Å²) in [5.41, 5.74) is 0. The highest BCUT2D eigenvalue weighted by molar-refractivity contribution is 5.62. The maximum absolute atomic E-state index is 9.38. The third-order valence-corrected chi connectivity index (χ3v) is 0.277. The molecule has 0 saturated heterocycles. The van der Waals surface area contributed by atoms with E-state index in [1.807, 2.05) is 0 Å². The maximum Gasteiger partial charge on any atom is 0.430 e. The van der Waals surface area contributed by atoms with E-state index in [1.54, 1.807) is 0 Å². The molecule has 0 bridgehead atoms. The molecule has 2 N–H and O–H groups in total. The number of amides is 1. The van der Waals surface area contributed by atoms with Gasteiger partial charge >= 0.3 is 6.09 Å². The number of nitrogens with zero attached hydrogens (tertiary/aromatic N) is 1. The summed E-state index contributed by atoms with van der Waals surface area (Å²) in [6.45, 7) is 0. The third kappa shape index (κ3) is 1.54. The third-order valence-electron chi connectivity index (χ3n) is 0.277. The number of hydrogen-bond acceptors (Lipinski definition) is 2. The number of rotatable bonds is 0. The van der Waals surface area contributed by atoms with Gasteiger partial charge in [0.25, 0.3) is 0 Å². The fraction of sp³-hybridized carbons (Fsp3) is 0.500. The summed E-state index contributed by atoms with van der Waals surface area (Å²) < 4.78 is 0. The van der Waals surface area contributed by atoms with Gasteiger partial charge in [-0.05, 0) is 0 Å². The quantitative estimate of drug-likeness (QED) is 0.325. The molecule has 0 aromatic heterocycles. The maximum atomic E-state index is 9.38. The Kier molecular flexibility index (Phi) is 1.41. The van der Waals surface area contributed by atoms with E-state index in [4.69, 9.17) is 10.3 Å². The van der Waals surface area contributed by atoms with Crippen LogP contribution in [0.1, 0.15) is 0 Å². The van der Waals surface area contributed by atoms with Gasteiger partial charge in [-0.3, -0.25) is 5.21 Å². The summed E-state index contributed by atoms with van der Waals surface area (Å²) in [5, 5.41) is 15.6. The van der Waals surface area contributed by atoms with Crippen LogP contribution in [0.15, 0.2) is 0 Å². The second-order valence-electron chi connectivity index (χ2n) is 0.806. The molecule has 6 heavy (non-hydrogen) atoms. The van der Waals surface area contributed by atoms with Gasteiger partial charge in [-0.15, -0.1) is 0 Å². The van der Waals surface area contributed by atoms with Crippen LogP contribution >= 0.6 is 0 Å². The fourth-order valence-corrected chi connectivity index (χ4v) is 0. The Hall–Kier alpha value is -0.770. The largest absolute Gasteiger partial charge is 0.463 e. The lowest BCUT2D eigenvalue weighted by molar-refractivity contribution is -0.0408. The Balaban J connectivity index is 3.26. The molecule has 36 valence electrons. The van der Waals surface area contributed by atoms with Crippen LogP contribution in [-0.4, -0.2) is 28.5 Å². The van der Waals surface area contributed by atoms with Crippen LogP contribution in [-0.2, 0) is 0 Å². The van der Waals surface area contributed by atoms with Crippen molar-refractivity contribution in [1.82, 2.24) is 5.06 Å². The molecule has 0 aromatic carbocycles. The molecule has 0 unspecified atom stereocenters. The lowest BCUT2D eigenvalue weighted by Gasteiger charge is -1.97. The number of carboxylic acid groups (broad SMARTS) is 1. The molecular weight excluding hydrogens is 86.0 g/mol. The van der Waals surface area contributed by atoms with Crippen LogP contribution in [0, 0.1) is 0 Å². The molecule has 1 amide bonds. The van der Waals surface area contributed by atoms with Crippen LogP contribution in [0.3, 0.4) is 0 Å². The van der Waals surface area contributed by atoms with Gasteiger partial charge in [0.05, 0.1) is 0 Å². The first-order valence-corrected chi connectivity index (χ1v) is 1.30. The minimum Gasteiger partial charge on any atom is -0.463 e. The molecular formula is C2H5NO3. The van der Waals surface area contributed by atoms with Crippen molar-refractivity contribution >= 4 is 6.09 Å². The van der Waals surface area contributed by atoms with Gasteiger partial charge in [0.15, 0.2) is 0 Å². The molecule has 0 heterocycles. The highest BCUT2D eigenvalue weighted by Gasteiger charge is 1.94. The number of hydrogen-bond donors (Lipinski definition) is 2. The van der Waals surface area contributed by atoms with Crippen molar-refractivity contribution in [3.05, 3.63) is 0 Å². The highest BCUT2D eigenvalue weighted by atomic mass is 16.6. The molecule has 4 heteroatoms. The second kappa shape index (κ2) is 1.61. The van der Waals surface area contributed by atoms with Gasteiger partial charge in [-0.2, -0.15) is 5.06 Å². The van der Waals surface area contributed by atoms with Crippen molar-refractivity contribution in [1.29, 1.82) is 0 Å². The van der Waals surface area contributed by atoms with Crippen molar-refractivity contribution in [2.75, 3.05) is 7.05 Å².